The van der Waals surface area contributed by atoms with Crippen LogP contribution in [0, 0.1) is 18.8 Å². The van der Waals surface area contributed by atoms with E-state index >= 15 is 0 Å². The molecule has 2 fully saturated rings. The molecule has 5 heteroatoms. The van der Waals surface area contributed by atoms with Gasteiger partial charge in [0.1, 0.15) is 0 Å². The molecule has 2 aliphatic rings. The maximum atomic E-state index is 9.82. The Kier molecular flexibility index (Phi) is 7.96. The smallest absolute Gasteiger partial charge is 0.0931 e. The molecule has 1 aromatic heterocycles. The van der Waals surface area contributed by atoms with E-state index in [2.05, 4.69) is 93.9 Å². The Hall–Kier alpha value is -2.78. The molecule has 0 spiro atoms. The van der Waals surface area contributed by atoms with Gasteiger partial charge >= 0.3 is 0 Å². The van der Waals surface area contributed by atoms with Crippen LogP contribution in [0.2, 0.25) is 0 Å². The fourth-order valence-electron chi connectivity index (χ4n) is 5.81. The van der Waals surface area contributed by atoms with Crippen LogP contribution in [0.15, 0.2) is 48.5 Å². The van der Waals surface area contributed by atoms with Gasteiger partial charge in [0.2, 0.25) is 0 Å². The van der Waals surface area contributed by atoms with E-state index in [0.717, 1.165) is 63.5 Å². The van der Waals surface area contributed by atoms with Crippen molar-refractivity contribution in [1.29, 1.82) is 0 Å². The van der Waals surface area contributed by atoms with Crippen LogP contribution >= 0.6 is 0 Å². The van der Waals surface area contributed by atoms with E-state index < -0.39 is 0 Å². The summed E-state index contributed by atoms with van der Waals surface area (Å²) in [6, 6.07) is 18.1. The summed E-state index contributed by atoms with van der Waals surface area (Å²) in [7, 11) is 0. The fraction of sp³-hybridized carbons (Fsp3) is 0.484. The fourth-order valence-corrected chi connectivity index (χ4v) is 5.81. The summed E-state index contributed by atoms with van der Waals surface area (Å²) in [4.78, 5) is 5.23. The Morgan fingerprint density at radius 3 is 2.44 bits per heavy atom. The number of hydrogen-bond donors (Lipinski definition) is 2. The van der Waals surface area contributed by atoms with Crippen LogP contribution in [0.4, 0.5) is 5.69 Å². The zero-order valence-corrected chi connectivity index (χ0v) is 21.8. The van der Waals surface area contributed by atoms with Crippen molar-refractivity contribution >= 4 is 16.6 Å². The van der Waals surface area contributed by atoms with Gasteiger partial charge in [-0.3, -0.25) is 4.90 Å². The van der Waals surface area contributed by atoms with Crippen molar-refractivity contribution in [2.24, 2.45) is 0 Å². The maximum Gasteiger partial charge on any atom is 0.0931 e. The van der Waals surface area contributed by atoms with E-state index in [1.807, 2.05) is 0 Å². The van der Waals surface area contributed by atoms with Crippen LogP contribution in [0.5, 0.6) is 0 Å². The first-order valence-electron chi connectivity index (χ1n) is 13.7. The number of fused-ring (bicyclic) bond motifs is 1. The van der Waals surface area contributed by atoms with E-state index in [4.69, 9.17) is 0 Å². The number of likely N-dealkylation sites (tertiary alicyclic amines) is 2. The van der Waals surface area contributed by atoms with Crippen LogP contribution in [-0.2, 0) is 13.1 Å². The summed E-state index contributed by atoms with van der Waals surface area (Å²) < 4.78 is 2.34. The molecule has 2 aliphatic heterocycles. The number of aliphatic hydroxyl groups is 1. The molecule has 0 amide bonds. The number of aromatic nitrogens is 1. The molecule has 0 saturated carbocycles. The van der Waals surface area contributed by atoms with Gasteiger partial charge in [0.25, 0.3) is 0 Å². The minimum Gasteiger partial charge on any atom is -0.393 e. The van der Waals surface area contributed by atoms with Gasteiger partial charge < -0.3 is 19.9 Å². The van der Waals surface area contributed by atoms with Crippen LogP contribution in [0.3, 0.4) is 0 Å². The monoisotopic (exact) mass is 484 g/mol. The Balaban J connectivity index is 1.23. The van der Waals surface area contributed by atoms with Gasteiger partial charge in [0.05, 0.1) is 18.3 Å². The molecular weight excluding hydrogens is 444 g/mol. The van der Waals surface area contributed by atoms with Gasteiger partial charge in [-0.25, -0.2) is 0 Å². The highest BCUT2D eigenvalue weighted by Gasteiger charge is 2.27. The lowest BCUT2D eigenvalue weighted by atomic mass is 9.98. The normalized spacial score (nSPS) is 18.3. The SMILES string of the molecule is CCn1c(C#CCNc2ccc(C)cc2)cc2c(CN3CCC(N4CCC(O)CC4)CC3)cccc21. The zero-order valence-electron chi connectivity index (χ0n) is 21.8. The lowest BCUT2D eigenvalue weighted by molar-refractivity contribution is 0.0376. The molecule has 2 N–H and O–H groups in total. The van der Waals surface area contributed by atoms with Gasteiger partial charge in [0, 0.05) is 48.8 Å². The molecule has 0 bridgehead atoms. The number of hydrogen-bond acceptors (Lipinski definition) is 4. The molecule has 0 aliphatic carbocycles. The molecular formula is C31H40N4O. The molecule has 0 unspecified atom stereocenters. The van der Waals surface area contributed by atoms with E-state index in [1.54, 1.807) is 0 Å². The standard InChI is InChI=1S/C31H40N4O/c1-3-35-28(7-5-17-32-26-11-9-24(2)10-12-26)22-30-25(6-4-8-31(30)35)23-33-18-13-27(14-19-33)34-20-15-29(36)16-21-34/h4,6,8-12,22,27,29,32,36H,3,13-21,23H2,1-2H3. The molecule has 0 radical (unpaired) electrons. The van der Waals surface area contributed by atoms with Gasteiger partial charge in [-0.2, -0.15) is 0 Å². The summed E-state index contributed by atoms with van der Waals surface area (Å²) in [6.45, 7) is 11.2. The van der Waals surface area contributed by atoms with Crippen LogP contribution < -0.4 is 5.32 Å². The van der Waals surface area contributed by atoms with Crippen molar-refractivity contribution in [3.05, 3.63) is 65.4 Å². The molecule has 3 heterocycles. The summed E-state index contributed by atoms with van der Waals surface area (Å²) in [5, 5.41) is 14.6. The number of aryl methyl sites for hydroxylation is 2. The largest absolute Gasteiger partial charge is 0.393 e. The van der Waals surface area contributed by atoms with Crippen LogP contribution in [0.1, 0.15) is 49.4 Å². The number of anilines is 1. The summed E-state index contributed by atoms with van der Waals surface area (Å²) in [5.41, 5.74) is 6.15. The lowest BCUT2D eigenvalue weighted by Gasteiger charge is -2.41. The van der Waals surface area contributed by atoms with Crippen LogP contribution in [-0.4, -0.2) is 64.3 Å². The summed E-state index contributed by atoms with van der Waals surface area (Å²) in [5.74, 6) is 6.75. The Morgan fingerprint density at radius 2 is 1.72 bits per heavy atom. The minimum absolute atomic E-state index is 0.0868. The molecule has 2 aromatic carbocycles. The second-order valence-electron chi connectivity index (χ2n) is 10.4. The third-order valence-electron chi connectivity index (χ3n) is 7.97. The van der Waals surface area contributed by atoms with E-state index in [0.29, 0.717) is 12.6 Å². The molecule has 0 atom stereocenters. The quantitative estimate of drug-likeness (QED) is 0.491. The third-order valence-corrected chi connectivity index (χ3v) is 7.97. The lowest BCUT2D eigenvalue weighted by Crippen LogP contribution is -2.48. The number of rotatable bonds is 6. The topological polar surface area (TPSA) is 43.7 Å². The average molecular weight is 485 g/mol. The van der Waals surface area contributed by atoms with Crippen molar-refractivity contribution in [1.82, 2.24) is 14.4 Å². The summed E-state index contributed by atoms with van der Waals surface area (Å²) in [6.07, 6.45) is 4.24. The van der Waals surface area contributed by atoms with Crippen molar-refractivity contribution in [2.75, 3.05) is 38.0 Å². The van der Waals surface area contributed by atoms with Crippen molar-refractivity contribution in [3.8, 4) is 11.8 Å². The first kappa shape index (κ1) is 24.9. The molecule has 5 rings (SSSR count). The van der Waals surface area contributed by atoms with Gasteiger partial charge in [-0.15, -0.1) is 0 Å². The third kappa shape index (κ3) is 5.78. The maximum absolute atomic E-state index is 9.82. The van der Waals surface area contributed by atoms with Crippen molar-refractivity contribution < 1.29 is 5.11 Å². The second kappa shape index (κ2) is 11.5. The Labute approximate surface area is 216 Å². The van der Waals surface area contributed by atoms with Gasteiger partial charge in [0.15, 0.2) is 0 Å². The average Bonchev–Trinajstić information content (AvgIpc) is 3.27. The van der Waals surface area contributed by atoms with Crippen molar-refractivity contribution in [2.45, 2.75) is 64.8 Å². The molecule has 5 nitrogen and oxygen atoms in total. The number of aliphatic hydroxyl groups excluding tert-OH is 1. The predicted octanol–water partition coefficient (Wildman–Crippen LogP) is 4.85. The number of benzene rings is 2. The highest BCUT2D eigenvalue weighted by molar-refractivity contribution is 5.85. The first-order valence-corrected chi connectivity index (χ1v) is 13.7. The Bertz CT molecular complexity index is 1200. The zero-order chi connectivity index (χ0) is 24.9. The molecule has 36 heavy (non-hydrogen) atoms. The molecule has 2 saturated heterocycles. The van der Waals surface area contributed by atoms with E-state index in [9.17, 15) is 5.11 Å². The predicted molar refractivity (Wildman–Crippen MR) is 149 cm³/mol. The van der Waals surface area contributed by atoms with E-state index in [1.165, 1.54) is 34.9 Å². The number of nitrogens with one attached hydrogen (secondary N) is 1. The highest BCUT2D eigenvalue weighted by atomic mass is 16.3. The highest BCUT2D eigenvalue weighted by Crippen LogP contribution is 2.27. The van der Waals surface area contributed by atoms with Crippen LogP contribution in [0.25, 0.3) is 10.9 Å². The number of piperidine rings is 2. The second-order valence-corrected chi connectivity index (χ2v) is 10.4. The molecule has 190 valence electrons. The van der Waals surface area contributed by atoms with Gasteiger partial charge in [-0.05, 0) is 88.4 Å². The summed E-state index contributed by atoms with van der Waals surface area (Å²) >= 11 is 0. The Morgan fingerprint density at radius 1 is 0.972 bits per heavy atom. The van der Waals surface area contributed by atoms with Crippen molar-refractivity contribution in [3.63, 3.8) is 0 Å². The first-order chi connectivity index (χ1) is 17.6. The molecule has 3 aromatic rings. The number of nitrogens with zero attached hydrogens (tertiary/aromatic N) is 3. The van der Waals surface area contributed by atoms with E-state index in [-0.39, 0.29) is 6.10 Å². The minimum atomic E-state index is -0.0868. The van der Waals surface area contributed by atoms with Gasteiger partial charge in [-0.1, -0.05) is 35.7 Å².